The molecule has 0 amide bonds. The lowest BCUT2D eigenvalue weighted by molar-refractivity contribution is -0.168. The van der Waals surface area contributed by atoms with E-state index in [0.717, 1.165) is 4.57 Å². The molecule has 1 atom stereocenters. The highest BCUT2D eigenvalue weighted by molar-refractivity contribution is 6.30. The summed E-state index contributed by atoms with van der Waals surface area (Å²) in [7, 11) is 2.89. The van der Waals surface area contributed by atoms with Crippen LogP contribution in [-0.2, 0) is 23.6 Å². The van der Waals surface area contributed by atoms with Crippen LogP contribution in [0.4, 0.5) is 0 Å². The topological polar surface area (TPSA) is 97.3 Å². The predicted molar refractivity (Wildman–Crippen MR) is 107 cm³/mol. The summed E-state index contributed by atoms with van der Waals surface area (Å²) in [5.74, 6) is -0.176. The number of aryl methyl sites for hydroxylation is 1. The first-order chi connectivity index (χ1) is 13.5. The summed E-state index contributed by atoms with van der Waals surface area (Å²) in [6, 6.07) is 6.60. The maximum absolute atomic E-state index is 12.7. The van der Waals surface area contributed by atoms with Crippen LogP contribution >= 0.6 is 11.6 Å². The molecule has 0 saturated carbocycles. The zero-order valence-corrected chi connectivity index (χ0v) is 17.4. The lowest BCUT2D eigenvalue weighted by Crippen LogP contribution is -2.41. The van der Waals surface area contributed by atoms with E-state index < -0.39 is 29.0 Å². The van der Waals surface area contributed by atoms with E-state index in [1.165, 1.54) is 29.6 Å². The van der Waals surface area contributed by atoms with E-state index in [1.807, 2.05) is 0 Å². The molecule has 2 heterocycles. The van der Waals surface area contributed by atoms with Crippen LogP contribution in [0.2, 0.25) is 5.02 Å². The van der Waals surface area contributed by atoms with E-state index in [0.29, 0.717) is 10.8 Å². The molecule has 0 N–H and O–H groups in total. The average Bonchev–Trinajstić information content (AvgIpc) is 3.11. The fraction of sp³-hybridized carbons (Fsp3) is 0.368. The number of carbonyl (C=O) groups is 1. The minimum absolute atomic E-state index is 0.159. The number of fused-ring (bicyclic) bond motifs is 1. The number of nitrogens with zero attached hydrogens (tertiary/aromatic N) is 4. The summed E-state index contributed by atoms with van der Waals surface area (Å²) in [4.78, 5) is 41.4. The molecule has 0 spiro atoms. The Balaban J connectivity index is 1.87. The fourth-order valence-corrected chi connectivity index (χ4v) is 2.96. The van der Waals surface area contributed by atoms with Gasteiger partial charge >= 0.3 is 11.7 Å². The molecule has 1 aromatic carbocycles. The lowest BCUT2D eigenvalue weighted by Gasteiger charge is -2.26. The highest BCUT2D eigenvalue weighted by Gasteiger charge is 2.34. The molecule has 2 aromatic heterocycles. The van der Waals surface area contributed by atoms with Crippen molar-refractivity contribution in [2.75, 3.05) is 0 Å². The quantitative estimate of drug-likeness (QED) is 0.585. The third-order valence-electron chi connectivity index (χ3n) is 4.52. The van der Waals surface area contributed by atoms with Gasteiger partial charge in [-0.2, -0.15) is 0 Å². The van der Waals surface area contributed by atoms with Crippen molar-refractivity contribution in [2.24, 2.45) is 14.1 Å². The van der Waals surface area contributed by atoms with Crippen molar-refractivity contribution in [1.82, 2.24) is 18.7 Å². The van der Waals surface area contributed by atoms with Gasteiger partial charge in [-0.15, -0.1) is 0 Å². The molecule has 0 bridgehead atoms. The molecule has 0 fully saturated rings. The first kappa shape index (κ1) is 20.7. The highest BCUT2D eigenvalue weighted by atomic mass is 35.5. The van der Waals surface area contributed by atoms with Gasteiger partial charge in [0.05, 0.1) is 0 Å². The van der Waals surface area contributed by atoms with Crippen LogP contribution in [0.15, 0.2) is 40.2 Å². The number of benzene rings is 1. The van der Waals surface area contributed by atoms with Gasteiger partial charge in [0, 0.05) is 19.1 Å². The molecule has 0 saturated heterocycles. The van der Waals surface area contributed by atoms with Crippen LogP contribution in [0.1, 0.15) is 27.0 Å². The van der Waals surface area contributed by atoms with Crippen molar-refractivity contribution < 1.29 is 14.3 Å². The van der Waals surface area contributed by atoms with Gasteiger partial charge in [-0.1, -0.05) is 11.6 Å². The summed E-state index contributed by atoms with van der Waals surface area (Å²) in [6.07, 6.45) is 0.502. The molecule has 0 aliphatic rings. The third kappa shape index (κ3) is 3.77. The van der Waals surface area contributed by atoms with Crippen LogP contribution in [-0.4, -0.2) is 30.3 Å². The van der Waals surface area contributed by atoms with E-state index in [2.05, 4.69) is 4.98 Å². The number of imidazole rings is 1. The molecule has 3 rings (SSSR count). The molecular weight excluding hydrogens is 400 g/mol. The number of hydrogen-bond donors (Lipinski definition) is 0. The largest absolute Gasteiger partial charge is 0.476 e. The van der Waals surface area contributed by atoms with Crippen molar-refractivity contribution in [1.29, 1.82) is 0 Å². The second-order valence-electron chi connectivity index (χ2n) is 7.10. The minimum atomic E-state index is -1.30. The molecule has 0 unspecified atom stereocenters. The first-order valence-corrected chi connectivity index (χ1v) is 9.19. The average molecular weight is 421 g/mol. The highest BCUT2D eigenvalue weighted by Crippen LogP contribution is 2.24. The molecular formula is C19H21ClN4O5. The lowest BCUT2D eigenvalue weighted by atomic mass is 10.1. The number of hydrogen-bond acceptors (Lipinski definition) is 6. The SMILES string of the molecule is C[C@H](OC(=O)C(C)(C)Oc1ccc(Cl)cc1)n1cnc2c1c(=O)n(C)c(=O)n2C. The van der Waals surface area contributed by atoms with Crippen LogP contribution in [0, 0.1) is 0 Å². The number of aromatic nitrogens is 4. The maximum atomic E-state index is 12.7. The van der Waals surface area contributed by atoms with Crippen molar-refractivity contribution in [3.8, 4) is 5.75 Å². The summed E-state index contributed by atoms with van der Waals surface area (Å²) < 4.78 is 14.9. The number of ether oxygens (including phenoxy) is 2. The summed E-state index contributed by atoms with van der Waals surface area (Å²) in [6.45, 7) is 4.75. The molecule has 3 aromatic rings. The molecule has 0 aliphatic heterocycles. The van der Waals surface area contributed by atoms with Crippen LogP contribution in [0.3, 0.4) is 0 Å². The van der Waals surface area contributed by atoms with Crippen molar-refractivity contribution in [3.05, 3.63) is 56.5 Å². The van der Waals surface area contributed by atoms with Gasteiger partial charge in [0.2, 0.25) is 0 Å². The summed E-state index contributed by atoms with van der Waals surface area (Å²) >= 11 is 5.86. The van der Waals surface area contributed by atoms with Gasteiger partial charge in [-0.3, -0.25) is 18.5 Å². The molecule has 154 valence electrons. The zero-order chi connectivity index (χ0) is 21.5. The maximum Gasteiger partial charge on any atom is 0.351 e. The molecule has 9 nitrogen and oxygen atoms in total. The molecule has 0 radical (unpaired) electrons. The normalized spacial score (nSPS) is 12.8. The van der Waals surface area contributed by atoms with Gasteiger partial charge < -0.3 is 9.47 Å². The Bertz CT molecular complexity index is 1190. The Kier molecular flexibility index (Phi) is 5.27. The fourth-order valence-electron chi connectivity index (χ4n) is 2.83. The Labute approximate surface area is 171 Å². The van der Waals surface area contributed by atoms with Gasteiger partial charge in [0.1, 0.15) is 12.1 Å². The third-order valence-corrected chi connectivity index (χ3v) is 4.77. The van der Waals surface area contributed by atoms with E-state index in [9.17, 15) is 14.4 Å². The number of carbonyl (C=O) groups excluding carboxylic acids is 1. The summed E-state index contributed by atoms with van der Waals surface area (Å²) in [5, 5.41) is 0.550. The summed E-state index contributed by atoms with van der Waals surface area (Å²) in [5.41, 5.74) is -1.95. The second kappa shape index (κ2) is 7.40. The molecule has 29 heavy (non-hydrogen) atoms. The molecule has 10 heteroatoms. The Morgan fingerprint density at radius 3 is 2.38 bits per heavy atom. The van der Waals surface area contributed by atoms with Crippen molar-refractivity contribution in [3.63, 3.8) is 0 Å². The zero-order valence-electron chi connectivity index (χ0n) is 16.7. The Morgan fingerprint density at radius 1 is 1.14 bits per heavy atom. The Morgan fingerprint density at radius 2 is 1.76 bits per heavy atom. The second-order valence-corrected chi connectivity index (χ2v) is 7.54. The first-order valence-electron chi connectivity index (χ1n) is 8.81. The van der Waals surface area contributed by atoms with Crippen LogP contribution in [0.25, 0.3) is 11.2 Å². The van der Waals surface area contributed by atoms with E-state index in [-0.39, 0.29) is 11.2 Å². The monoisotopic (exact) mass is 420 g/mol. The number of rotatable bonds is 5. The van der Waals surface area contributed by atoms with Gasteiger partial charge in [-0.25, -0.2) is 14.6 Å². The van der Waals surface area contributed by atoms with Crippen molar-refractivity contribution >= 4 is 28.7 Å². The van der Waals surface area contributed by atoms with Gasteiger partial charge in [0.25, 0.3) is 5.56 Å². The van der Waals surface area contributed by atoms with Crippen LogP contribution in [0.5, 0.6) is 5.75 Å². The van der Waals surface area contributed by atoms with E-state index in [4.69, 9.17) is 21.1 Å². The van der Waals surface area contributed by atoms with Gasteiger partial charge in [0.15, 0.2) is 23.0 Å². The number of halogens is 1. The smallest absolute Gasteiger partial charge is 0.351 e. The minimum Gasteiger partial charge on any atom is -0.476 e. The number of esters is 1. The van der Waals surface area contributed by atoms with Crippen molar-refractivity contribution in [2.45, 2.75) is 32.6 Å². The standard InChI is InChI=1S/C19H21ClN4O5/c1-11(24-10-21-15-14(24)16(25)23(5)18(27)22(15)4)28-17(26)19(2,3)29-13-8-6-12(20)7-9-13/h6-11H,1-5H3/t11-/m0/s1. The molecule has 0 aliphatic carbocycles. The van der Waals surface area contributed by atoms with Gasteiger partial charge in [-0.05, 0) is 45.0 Å². The van der Waals surface area contributed by atoms with E-state index in [1.54, 1.807) is 45.0 Å². The van der Waals surface area contributed by atoms with Crippen LogP contribution < -0.4 is 16.0 Å². The Hall–Kier alpha value is -3.07. The van der Waals surface area contributed by atoms with E-state index >= 15 is 0 Å². The predicted octanol–water partition coefficient (Wildman–Crippen LogP) is 2.01.